The molecule has 134 valence electrons. The molecule has 3 rings (SSSR count). The highest BCUT2D eigenvalue weighted by Crippen LogP contribution is 2.22. The molecule has 1 heterocycles. The number of ketones is 1. The Labute approximate surface area is 158 Å². The Kier molecular flexibility index (Phi) is 5.42. The molecule has 0 saturated heterocycles. The van der Waals surface area contributed by atoms with E-state index in [2.05, 4.69) is 54.0 Å². The van der Waals surface area contributed by atoms with Crippen LogP contribution in [0.3, 0.4) is 0 Å². The maximum atomic E-state index is 12.1. The van der Waals surface area contributed by atoms with Gasteiger partial charge in [-0.1, -0.05) is 87.1 Å². The number of amidine groups is 2. The normalized spacial score (nSPS) is 14.0. The van der Waals surface area contributed by atoms with Gasteiger partial charge in [0.25, 0.3) is 0 Å². The van der Waals surface area contributed by atoms with Crippen molar-refractivity contribution in [3.63, 3.8) is 0 Å². The third-order valence-corrected chi connectivity index (χ3v) is 4.85. The number of hydrazone groups is 2. The zero-order valence-corrected chi connectivity index (χ0v) is 15.9. The summed E-state index contributed by atoms with van der Waals surface area (Å²) in [5.41, 5.74) is 8.90. The van der Waals surface area contributed by atoms with Crippen molar-refractivity contribution >= 4 is 28.5 Å². The molecule has 2 aromatic carbocycles. The maximum Gasteiger partial charge on any atom is 0.201 e. The first-order chi connectivity index (χ1) is 12.4. The first kappa shape index (κ1) is 18.2. The Balaban J connectivity index is 1.55. The minimum absolute atomic E-state index is 0.0626. The quantitative estimate of drug-likeness (QED) is 0.809. The van der Waals surface area contributed by atoms with Crippen LogP contribution in [0.1, 0.15) is 42.3 Å². The lowest BCUT2D eigenvalue weighted by Gasteiger charge is -2.20. The van der Waals surface area contributed by atoms with E-state index in [4.69, 9.17) is 0 Å². The summed E-state index contributed by atoms with van der Waals surface area (Å²) >= 11 is 1.32. The van der Waals surface area contributed by atoms with E-state index in [1.54, 1.807) is 0 Å². The fourth-order valence-electron chi connectivity index (χ4n) is 2.42. The number of thioether (sulfide) groups is 1. The number of nitrogens with zero attached hydrogens (tertiary/aromatic N) is 2. The molecule has 26 heavy (non-hydrogen) atoms. The van der Waals surface area contributed by atoms with Gasteiger partial charge in [0.05, 0.1) is 5.75 Å². The Bertz CT molecular complexity index is 836. The van der Waals surface area contributed by atoms with Crippen molar-refractivity contribution in [1.82, 2.24) is 10.9 Å². The molecule has 1 aliphatic heterocycles. The van der Waals surface area contributed by atoms with Crippen LogP contribution in [0.2, 0.25) is 0 Å². The van der Waals surface area contributed by atoms with E-state index in [-0.39, 0.29) is 11.2 Å². The Morgan fingerprint density at radius 1 is 0.962 bits per heavy atom. The fourth-order valence-corrected chi connectivity index (χ4v) is 3.08. The molecule has 2 N–H and O–H groups in total. The van der Waals surface area contributed by atoms with Crippen LogP contribution in [0.15, 0.2) is 64.8 Å². The standard InChI is InChI=1S/C20H22N4OS/c1-20(2,3)16-11-9-15(10-12-16)18-21-23-19(24-22-18)26-13-17(25)14-7-5-4-6-8-14/h4-12H,13H2,1-3H3,(H,21,22)(H,23,24). The molecule has 5 nitrogen and oxygen atoms in total. The number of rotatable bonds is 4. The van der Waals surface area contributed by atoms with Gasteiger partial charge in [-0.2, -0.15) is 5.10 Å². The molecule has 0 spiro atoms. The van der Waals surface area contributed by atoms with Gasteiger partial charge in [-0.15, -0.1) is 5.10 Å². The summed E-state index contributed by atoms with van der Waals surface area (Å²) in [5.74, 6) is 1.03. The zero-order chi connectivity index (χ0) is 18.6. The SMILES string of the molecule is CC(C)(C)c1ccc(C2=NNC(SCC(=O)c3ccccc3)=NN2)cc1. The lowest BCUT2D eigenvalue weighted by atomic mass is 9.86. The van der Waals surface area contributed by atoms with Crippen LogP contribution >= 0.6 is 11.8 Å². The first-order valence-corrected chi connectivity index (χ1v) is 9.41. The van der Waals surface area contributed by atoms with Gasteiger partial charge in [-0.3, -0.25) is 15.6 Å². The third kappa shape index (κ3) is 4.52. The van der Waals surface area contributed by atoms with Gasteiger partial charge >= 0.3 is 0 Å². The van der Waals surface area contributed by atoms with Gasteiger partial charge in [-0.05, 0) is 11.0 Å². The van der Waals surface area contributed by atoms with Crippen molar-refractivity contribution in [2.75, 3.05) is 5.75 Å². The molecular weight excluding hydrogens is 344 g/mol. The van der Waals surface area contributed by atoms with E-state index in [0.717, 1.165) is 5.56 Å². The molecule has 0 aromatic heterocycles. The summed E-state index contributed by atoms with van der Waals surface area (Å²) in [7, 11) is 0. The molecule has 0 amide bonds. The molecule has 0 fully saturated rings. The van der Waals surface area contributed by atoms with Gasteiger partial charge in [0.15, 0.2) is 11.6 Å². The number of Topliss-reactive ketones (excluding diaryl/α,β-unsaturated/α-hetero) is 1. The van der Waals surface area contributed by atoms with Crippen LogP contribution in [-0.4, -0.2) is 22.5 Å². The summed E-state index contributed by atoms with van der Waals surface area (Å²) in [6.07, 6.45) is 0. The molecule has 0 atom stereocenters. The second kappa shape index (κ2) is 7.74. The molecule has 2 aromatic rings. The highest BCUT2D eigenvalue weighted by molar-refractivity contribution is 8.14. The van der Waals surface area contributed by atoms with Crippen LogP contribution in [0.25, 0.3) is 0 Å². The van der Waals surface area contributed by atoms with Crippen LogP contribution in [0, 0.1) is 0 Å². The minimum atomic E-state index is 0.0626. The number of carbonyl (C=O) groups excluding carboxylic acids is 1. The van der Waals surface area contributed by atoms with Crippen LogP contribution in [-0.2, 0) is 5.41 Å². The molecule has 6 heteroatoms. The molecule has 0 bridgehead atoms. The molecule has 0 radical (unpaired) electrons. The molecular formula is C20H22N4OS. The largest absolute Gasteiger partial charge is 0.293 e. The zero-order valence-electron chi connectivity index (χ0n) is 15.1. The smallest absolute Gasteiger partial charge is 0.201 e. The highest BCUT2D eigenvalue weighted by atomic mass is 32.2. The van der Waals surface area contributed by atoms with E-state index in [9.17, 15) is 4.79 Å². The van der Waals surface area contributed by atoms with Crippen molar-refractivity contribution in [3.05, 3.63) is 71.3 Å². The van der Waals surface area contributed by atoms with Gasteiger partial charge in [0.2, 0.25) is 5.17 Å². The lowest BCUT2D eigenvalue weighted by Crippen LogP contribution is -2.33. The second-order valence-electron chi connectivity index (χ2n) is 7.01. The first-order valence-electron chi connectivity index (χ1n) is 8.43. The highest BCUT2D eigenvalue weighted by Gasteiger charge is 2.16. The molecule has 0 aliphatic carbocycles. The van der Waals surface area contributed by atoms with E-state index < -0.39 is 0 Å². The predicted octanol–water partition coefficient (Wildman–Crippen LogP) is 3.73. The molecule has 0 unspecified atom stereocenters. The summed E-state index contributed by atoms with van der Waals surface area (Å²) in [6.45, 7) is 6.55. The summed E-state index contributed by atoms with van der Waals surface area (Å²) in [4.78, 5) is 12.1. The lowest BCUT2D eigenvalue weighted by molar-refractivity contribution is 0.102. The van der Waals surface area contributed by atoms with E-state index in [1.807, 2.05) is 42.5 Å². The van der Waals surface area contributed by atoms with Gasteiger partial charge in [-0.25, -0.2) is 0 Å². The Hall–Kier alpha value is -2.60. The van der Waals surface area contributed by atoms with Crippen LogP contribution in [0.5, 0.6) is 0 Å². The number of carbonyl (C=O) groups is 1. The summed E-state index contributed by atoms with van der Waals surface area (Å²) in [6, 6.07) is 17.5. The Morgan fingerprint density at radius 3 is 2.23 bits per heavy atom. The summed E-state index contributed by atoms with van der Waals surface area (Å²) in [5, 5.41) is 9.15. The number of nitrogens with one attached hydrogen (secondary N) is 2. The second-order valence-corrected chi connectivity index (χ2v) is 7.97. The fraction of sp³-hybridized carbons (Fsp3) is 0.250. The number of benzene rings is 2. The van der Waals surface area contributed by atoms with Crippen molar-refractivity contribution in [2.24, 2.45) is 10.2 Å². The van der Waals surface area contributed by atoms with Crippen LogP contribution < -0.4 is 10.9 Å². The van der Waals surface area contributed by atoms with Crippen molar-refractivity contribution in [1.29, 1.82) is 0 Å². The topological polar surface area (TPSA) is 65.8 Å². The van der Waals surface area contributed by atoms with E-state index in [0.29, 0.717) is 22.3 Å². The van der Waals surface area contributed by atoms with Crippen molar-refractivity contribution in [2.45, 2.75) is 26.2 Å². The third-order valence-electron chi connectivity index (χ3n) is 3.99. The van der Waals surface area contributed by atoms with E-state index in [1.165, 1.54) is 17.3 Å². The Morgan fingerprint density at radius 2 is 1.65 bits per heavy atom. The summed E-state index contributed by atoms with van der Waals surface area (Å²) < 4.78 is 0. The van der Waals surface area contributed by atoms with Gasteiger partial charge in [0, 0.05) is 11.1 Å². The maximum absolute atomic E-state index is 12.1. The predicted molar refractivity (Wildman–Crippen MR) is 109 cm³/mol. The molecule has 0 saturated carbocycles. The number of hydrogen-bond donors (Lipinski definition) is 2. The number of hydrogen-bond acceptors (Lipinski definition) is 6. The molecule has 1 aliphatic rings. The van der Waals surface area contributed by atoms with Crippen molar-refractivity contribution < 1.29 is 4.79 Å². The average Bonchev–Trinajstić information content (AvgIpc) is 2.66. The minimum Gasteiger partial charge on any atom is -0.293 e. The van der Waals surface area contributed by atoms with Gasteiger partial charge in [0.1, 0.15) is 0 Å². The van der Waals surface area contributed by atoms with Gasteiger partial charge < -0.3 is 0 Å². The van der Waals surface area contributed by atoms with Crippen molar-refractivity contribution in [3.8, 4) is 0 Å². The van der Waals surface area contributed by atoms with E-state index >= 15 is 0 Å². The monoisotopic (exact) mass is 366 g/mol. The average molecular weight is 366 g/mol. The van der Waals surface area contributed by atoms with Crippen LogP contribution in [0.4, 0.5) is 0 Å².